The first-order chi connectivity index (χ1) is 9.49. The van der Waals surface area contributed by atoms with E-state index in [4.69, 9.17) is 5.73 Å². The second-order valence-corrected chi connectivity index (χ2v) is 5.85. The fourth-order valence-corrected chi connectivity index (χ4v) is 2.59. The summed E-state index contributed by atoms with van der Waals surface area (Å²) < 4.78 is 14.4. The Morgan fingerprint density at radius 1 is 1.40 bits per heavy atom. The van der Waals surface area contributed by atoms with Crippen molar-refractivity contribution < 1.29 is 9.18 Å². The molecule has 1 rings (SSSR count). The molecule has 0 aliphatic carbocycles. The van der Waals surface area contributed by atoms with Crippen LogP contribution in [0.1, 0.15) is 32.3 Å². The van der Waals surface area contributed by atoms with Crippen LogP contribution in [-0.4, -0.2) is 19.0 Å². The predicted octanol–water partition coefficient (Wildman–Crippen LogP) is 3.01. The van der Waals surface area contributed by atoms with E-state index in [1.54, 1.807) is 12.1 Å². The van der Waals surface area contributed by atoms with Gasteiger partial charge in [-0.2, -0.15) is 0 Å². The molecule has 1 aromatic carbocycles. The van der Waals surface area contributed by atoms with Gasteiger partial charge < -0.3 is 11.1 Å². The standard InChI is InChI=1S/C15H22BrFN2O/c1-3-15(4-2,10-18)14(20)19-8-7-11-9-12(16)5-6-13(11)17/h5-6,9H,3-4,7-8,10,18H2,1-2H3,(H,19,20). The average Bonchev–Trinajstić information content (AvgIpc) is 2.45. The van der Waals surface area contributed by atoms with Crippen molar-refractivity contribution in [2.45, 2.75) is 33.1 Å². The highest BCUT2D eigenvalue weighted by molar-refractivity contribution is 9.10. The van der Waals surface area contributed by atoms with Gasteiger partial charge in [0.15, 0.2) is 0 Å². The third-order valence-corrected chi connectivity index (χ3v) is 4.41. The van der Waals surface area contributed by atoms with Crippen molar-refractivity contribution in [3.05, 3.63) is 34.1 Å². The van der Waals surface area contributed by atoms with Crippen molar-refractivity contribution in [1.29, 1.82) is 0 Å². The van der Waals surface area contributed by atoms with Crippen molar-refractivity contribution in [3.8, 4) is 0 Å². The van der Waals surface area contributed by atoms with Crippen LogP contribution in [0.3, 0.4) is 0 Å². The van der Waals surface area contributed by atoms with Crippen LogP contribution in [-0.2, 0) is 11.2 Å². The molecule has 1 aromatic rings. The monoisotopic (exact) mass is 344 g/mol. The Hall–Kier alpha value is -0.940. The number of carbonyl (C=O) groups excluding carboxylic acids is 1. The summed E-state index contributed by atoms with van der Waals surface area (Å²) in [7, 11) is 0. The van der Waals surface area contributed by atoms with Crippen molar-refractivity contribution in [2.24, 2.45) is 11.1 Å². The molecule has 0 fully saturated rings. The molecule has 0 aliphatic rings. The molecule has 112 valence electrons. The summed E-state index contributed by atoms with van der Waals surface area (Å²) in [5.41, 5.74) is 5.81. The minimum atomic E-state index is -0.504. The highest BCUT2D eigenvalue weighted by Gasteiger charge is 2.32. The maximum absolute atomic E-state index is 13.6. The molecule has 0 unspecified atom stereocenters. The van der Waals surface area contributed by atoms with Gasteiger partial charge in [-0.15, -0.1) is 0 Å². The minimum Gasteiger partial charge on any atom is -0.355 e. The molecule has 1 amide bonds. The highest BCUT2D eigenvalue weighted by Crippen LogP contribution is 2.25. The third kappa shape index (κ3) is 4.03. The Labute approximate surface area is 128 Å². The van der Waals surface area contributed by atoms with E-state index in [1.165, 1.54) is 6.07 Å². The minimum absolute atomic E-state index is 0.0413. The molecule has 0 spiro atoms. The van der Waals surface area contributed by atoms with Gasteiger partial charge in [-0.1, -0.05) is 29.8 Å². The summed E-state index contributed by atoms with van der Waals surface area (Å²) in [5, 5.41) is 2.87. The topological polar surface area (TPSA) is 55.1 Å². The number of carbonyl (C=O) groups is 1. The largest absolute Gasteiger partial charge is 0.355 e. The summed E-state index contributed by atoms with van der Waals surface area (Å²) >= 11 is 3.31. The van der Waals surface area contributed by atoms with E-state index in [0.717, 1.165) is 4.47 Å². The predicted molar refractivity (Wildman–Crippen MR) is 82.9 cm³/mol. The molecular formula is C15H22BrFN2O. The van der Waals surface area contributed by atoms with Crippen LogP contribution < -0.4 is 11.1 Å². The Morgan fingerprint density at radius 2 is 2.05 bits per heavy atom. The summed E-state index contributed by atoms with van der Waals surface area (Å²) in [6.07, 6.45) is 1.87. The number of benzene rings is 1. The fraction of sp³-hybridized carbons (Fsp3) is 0.533. The van der Waals surface area contributed by atoms with Crippen LogP contribution in [0, 0.1) is 11.2 Å². The van der Waals surface area contributed by atoms with Crippen molar-refractivity contribution in [1.82, 2.24) is 5.32 Å². The molecule has 0 radical (unpaired) electrons. The number of hydrogen-bond donors (Lipinski definition) is 2. The fourth-order valence-electron chi connectivity index (χ4n) is 2.19. The normalized spacial score (nSPS) is 11.4. The number of hydrogen-bond acceptors (Lipinski definition) is 2. The van der Waals surface area contributed by atoms with E-state index in [-0.39, 0.29) is 11.7 Å². The maximum Gasteiger partial charge on any atom is 0.227 e. The molecule has 5 heteroatoms. The first-order valence-electron chi connectivity index (χ1n) is 6.91. The van der Waals surface area contributed by atoms with Crippen LogP contribution >= 0.6 is 15.9 Å². The van der Waals surface area contributed by atoms with Crippen LogP contribution in [0.15, 0.2) is 22.7 Å². The van der Waals surface area contributed by atoms with E-state index in [0.29, 0.717) is 37.9 Å². The Morgan fingerprint density at radius 3 is 2.60 bits per heavy atom. The molecule has 3 N–H and O–H groups in total. The molecule has 0 bridgehead atoms. The Kier molecular flexibility index (Phi) is 6.62. The molecule has 0 aromatic heterocycles. The van der Waals surface area contributed by atoms with Crippen molar-refractivity contribution in [3.63, 3.8) is 0 Å². The number of nitrogens with one attached hydrogen (secondary N) is 1. The maximum atomic E-state index is 13.6. The van der Waals surface area contributed by atoms with Crippen LogP contribution in [0.2, 0.25) is 0 Å². The SMILES string of the molecule is CCC(CC)(CN)C(=O)NCCc1cc(Br)ccc1F. The summed E-state index contributed by atoms with van der Waals surface area (Å²) in [5.74, 6) is -0.293. The number of rotatable bonds is 7. The van der Waals surface area contributed by atoms with Gasteiger partial charge in [-0.3, -0.25) is 4.79 Å². The van der Waals surface area contributed by atoms with Gasteiger partial charge >= 0.3 is 0 Å². The van der Waals surface area contributed by atoms with Crippen LogP contribution in [0.25, 0.3) is 0 Å². The molecule has 0 saturated heterocycles. The van der Waals surface area contributed by atoms with Crippen LogP contribution in [0.5, 0.6) is 0 Å². The third-order valence-electron chi connectivity index (χ3n) is 3.91. The first kappa shape index (κ1) is 17.1. The van der Waals surface area contributed by atoms with E-state index in [9.17, 15) is 9.18 Å². The van der Waals surface area contributed by atoms with Gasteiger partial charge in [0.1, 0.15) is 5.82 Å². The first-order valence-corrected chi connectivity index (χ1v) is 7.70. The lowest BCUT2D eigenvalue weighted by Gasteiger charge is -2.28. The van der Waals surface area contributed by atoms with E-state index in [1.807, 2.05) is 13.8 Å². The second kappa shape index (κ2) is 7.74. The molecule has 0 saturated carbocycles. The van der Waals surface area contributed by atoms with Gasteiger partial charge in [0.05, 0.1) is 5.41 Å². The van der Waals surface area contributed by atoms with Crippen LogP contribution in [0.4, 0.5) is 4.39 Å². The molecular weight excluding hydrogens is 323 g/mol. The molecule has 0 atom stereocenters. The lowest BCUT2D eigenvalue weighted by atomic mass is 9.81. The lowest BCUT2D eigenvalue weighted by molar-refractivity contribution is -0.131. The second-order valence-electron chi connectivity index (χ2n) is 4.93. The number of amides is 1. The molecule has 0 aliphatic heterocycles. The Bertz CT molecular complexity index is 453. The van der Waals surface area contributed by atoms with E-state index in [2.05, 4.69) is 21.2 Å². The lowest BCUT2D eigenvalue weighted by Crippen LogP contribution is -2.45. The highest BCUT2D eigenvalue weighted by atomic mass is 79.9. The molecule has 3 nitrogen and oxygen atoms in total. The van der Waals surface area contributed by atoms with Crippen molar-refractivity contribution >= 4 is 21.8 Å². The van der Waals surface area contributed by atoms with Gasteiger partial charge in [0.2, 0.25) is 5.91 Å². The smallest absolute Gasteiger partial charge is 0.227 e. The molecule has 0 heterocycles. The van der Waals surface area contributed by atoms with Gasteiger partial charge in [0, 0.05) is 17.6 Å². The van der Waals surface area contributed by atoms with E-state index >= 15 is 0 Å². The zero-order valence-corrected chi connectivity index (χ0v) is 13.6. The molecule has 20 heavy (non-hydrogen) atoms. The average molecular weight is 345 g/mol. The zero-order valence-electron chi connectivity index (χ0n) is 12.0. The Balaban J connectivity index is 2.60. The number of halogens is 2. The summed E-state index contributed by atoms with van der Waals surface area (Å²) in [6, 6.07) is 4.81. The quantitative estimate of drug-likeness (QED) is 0.798. The summed E-state index contributed by atoms with van der Waals surface area (Å²) in [6.45, 7) is 4.67. The van der Waals surface area contributed by atoms with Gasteiger partial charge in [-0.05, 0) is 43.0 Å². The number of nitrogens with two attached hydrogens (primary N) is 1. The zero-order chi connectivity index (χ0) is 15.2. The van der Waals surface area contributed by atoms with Gasteiger partial charge in [-0.25, -0.2) is 4.39 Å². The summed E-state index contributed by atoms with van der Waals surface area (Å²) in [4.78, 5) is 12.2. The van der Waals surface area contributed by atoms with Crippen molar-refractivity contribution in [2.75, 3.05) is 13.1 Å². The van der Waals surface area contributed by atoms with Gasteiger partial charge in [0.25, 0.3) is 0 Å². The van der Waals surface area contributed by atoms with E-state index < -0.39 is 5.41 Å².